The molecular formula is C15H20INO3S. The number of anilines is 1. The third-order valence-corrected chi connectivity index (χ3v) is 7.02. The fourth-order valence-corrected chi connectivity index (χ4v) is 3.88. The molecular weight excluding hydrogens is 401 g/mol. The number of benzene rings is 1. The first-order valence-corrected chi connectivity index (χ1v) is 9.66. The molecule has 1 aliphatic heterocycles. The van der Waals surface area contributed by atoms with Gasteiger partial charge in [0, 0.05) is 22.2 Å². The normalized spacial score (nSPS) is 16.0. The first kappa shape index (κ1) is 16.7. The summed E-state index contributed by atoms with van der Waals surface area (Å²) in [4.78, 5) is 13.8. The first-order valence-electron chi connectivity index (χ1n) is 6.93. The first-order chi connectivity index (χ1) is 9.62. The largest absolute Gasteiger partial charge is 0.311 e. The highest BCUT2D eigenvalue weighted by Gasteiger charge is 2.31. The van der Waals surface area contributed by atoms with E-state index in [4.69, 9.17) is 0 Å². The summed E-state index contributed by atoms with van der Waals surface area (Å²) < 4.78 is 24.8. The van der Waals surface area contributed by atoms with Gasteiger partial charge in [-0.05, 0) is 73.5 Å². The van der Waals surface area contributed by atoms with Crippen LogP contribution in [0, 0.1) is 3.57 Å². The molecule has 2 rings (SSSR count). The third-order valence-electron chi connectivity index (χ3n) is 3.76. The summed E-state index contributed by atoms with van der Waals surface area (Å²) in [5, 5.41) is 0. The Bertz CT molecular complexity index is 662. The summed E-state index contributed by atoms with van der Waals surface area (Å²) in [6, 6.07) is 5.93. The summed E-state index contributed by atoms with van der Waals surface area (Å²) >= 11 is 2.24. The predicted molar refractivity (Wildman–Crippen MR) is 93.4 cm³/mol. The second-order valence-electron chi connectivity index (χ2n) is 6.25. The lowest BCUT2D eigenvalue weighted by Gasteiger charge is -2.30. The number of aryl methyl sites for hydroxylation is 1. The number of rotatable bonds is 3. The van der Waals surface area contributed by atoms with Crippen LogP contribution in [-0.2, 0) is 21.1 Å². The molecule has 0 saturated heterocycles. The molecule has 0 aromatic heterocycles. The number of carbonyl (C=O) groups is 1. The number of hydrogen-bond acceptors (Lipinski definition) is 3. The summed E-state index contributed by atoms with van der Waals surface area (Å²) in [6.45, 7) is 5.30. The van der Waals surface area contributed by atoms with Crippen LogP contribution in [0.1, 0.15) is 32.8 Å². The quantitative estimate of drug-likeness (QED) is 0.706. The van der Waals surface area contributed by atoms with Gasteiger partial charge in [-0.3, -0.25) is 4.79 Å². The van der Waals surface area contributed by atoms with Gasteiger partial charge < -0.3 is 4.90 Å². The zero-order valence-corrected chi connectivity index (χ0v) is 15.5. The lowest BCUT2D eigenvalue weighted by Crippen LogP contribution is -2.41. The van der Waals surface area contributed by atoms with Crippen molar-refractivity contribution in [3.8, 4) is 0 Å². The fraction of sp³-hybridized carbons (Fsp3) is 0.533. The molecule has 1 aliphatic rings. The summed E-state index contributed by atoms with van der Waals surface area (Å²) in [6.07, 6.45) is 1.18. The Labute approximate surface area is 140 Å². The van der Waals surface area contributed by atoms with Crippen molar-refractivity contribution < 1.29 is 13.2 Å². The van der Waals surface area contributed by atoms with Crippen molar-refractivity contribution >= 4 is 44.0 Å². The highest BCUT2D eigenvalue weighted by molar-refractivity contribution is 14.1. The Morgan fingerprint density at radius 1 is 1.24 bits per heavy atom. The molecule has 0 bridgehead atoms. The number of fused-ring (bicyclic) bond motifs is 1. The Morgan fingerprint density at radius 3 is 2.52 bits per heavy atom. The molecule has 116 valence electrons. The van der Waals surface area contributed by atoms with E-state index in [-0.39, 0.29) is 18.2 Å². The minimum atomic E-state index is -3.23. The molecule has 1 heterocycles. The summed E-state index contributed by atoms with van der Waals surface area (Å²) in [7, 11) is -3.23. The van der Waals surface area contributed by atoms with Crippen LogP contribution in [0.4, 0.5) is 5.69 Å². The van der Waals surface area contributed by atoms with Gasteiger partial charge in [-0.2, -0.15) is 0 Å². The zero-order valence-electron chi connectivity index (χ0n) is 12.5. The van der Waals surface area contributed by atoms with Crippen molar-refractivity contribution in [2.24, 2.45) is 0 Å². The molecule has 0 radical (unpaired) electrons. The van der Waals surface area contributed by atoms with Crippen LogP contribution in [-0.4, -0.2) is 31.4 Å². The van der Waals surface area contributed by atoms with Gasteiger partial charge in [-0.1, -0.05) is 0 Å². The van der Waals surface area contributed by atoms with Crippen molar-refractivity contribution in [2.75, 3.05) is 17.2 Å². The predicted octanol–water partition coefficient (Wildman–Crippen LogP) is 2.78. The van der Waals surface area contributed by atoms with Crippen molar-refractivity contribution in [1.82, 2.24) is 0 Å². The molecule has 4 nitrogen and oxygen atoms in total. The molecule has 6 heteroatoms. The van der Waals surface area contributed by atoms with Crippen LogP contribution in [0.5, 0.6) is 0 Å². The van der Waals surface area contributed by atoms with Crippen LogP contribution in [0.15, 0.2) is 18.2 Å². The molecule has 21 heavy (non-hydrogen) atoms. The van der Waals surface area contributed by atoms with E-state index in [0.29, 0.717) is 6.42 Å². The monoisotopic (exact) mass is 421 g/mol. The maximum absolute atomic E-state index is 12.2. The van der Waals surface area contributed by atoms with E-state index in [1.807, 2.05) is 12.1 Å². The van der Waals surface area contributed by atoms with E-state index in [0.717, 1.165) is 21.2 Å². The van der Waals surface area contributed by atoms with Crippen molar-refractivity contribution in [2.45, 2.75) is 38.4 Å². The number of nitrogens with zero attached hydrogens (tertiary/aromatic N) is 1. The standard InChI is InChI=1S/C15H20INO3S/c1-15(2,3)21(19,20)9-8-17-13-6-5-12(16)10-11(13)4-7-14(17)18/h5-6,10H,4,7-9H2,1-3H3. The average molecular weight is 421 g/mol. The second-order valence-corrected chi connectivity index (χ2v) is 10.4. The maximum Gasteiger partial charge on any atom is 0.227 e. The molecule has 0 fully saturated rings. The second kappa shape index (κ2) is 5.87. The van der Waals surface area contributed by atoms with Gasteiger partial charge >= 0.3 is 0 Å². The topological polar surface area (TPSA) is 54.5 Å². The van der Waals surface area contributed by atoms with Crippen molar-refractivity contribution in [1.29, 1.82) is 0 Å². The molecule has 0 atom stereocenters. The number of halogens is 1. The van der Waals surface area contributed by atoms with Crippen LogP contribution in [0.2, 0.25) is 0 Å². The SMILES string of the molecule is CC(C)(C)S(=O)(=O)CCN1C(=O)CCc2cc(I)ccc21. The van der Waals surface area contributed by atoms with Gasteiger partial charge in [0.1, 0.15) is 0 Å². The molecule has 0 aliphatic carbocycles. The Hall–Kier alpha value is -0.630. The fourth-order valence-electron chi connectivity index (χ4n) is 2.29. The highest BCUT2D eigenvalue weighted by Crippen LogP contribution is 2.29. The molecule has 1 amide bonds. The highest BCUT2D eigenvalue weighted by atomic mass is 127. The van der Waals surface area contributed by atoms with Gasteiger partial charge in [-0.15, -0.1) is 0 Å². The van der Waals surface area contributed by atoms with Crippen LogP contribution in [0.3, 0.4) is 0 Å². The lowest BCUT2D eigenvalue weighted by atomic mass is 10.0. The molecule has 1 aromatic rings. The molecule has 0 spiro atoms. The van der Waals surface area contributed by atoms with E-state index in [2.05, 4.69) is 28.7 Å². The van der Waals surface area contributed by atoms with Crippen LogP contribution >= 0.6 is 22.6 Å². The Kier molecular flexibility index (Phi) is 4.68. The van der Waals surface area contributed by atoms with Crippen molar-refractivity contribution in [3.05, 3.63) is 27.3 Å². The van der Waals surface area contributed by atoms with Gasteiger partial charge in [0.15, 0.2) is 9.84 Å². The number of sulfone groups is 1. The van der Waals surface area contributed by atoms with E-state index < -0.39 is 14.6 Å². The van der Waals surface area contributed by atoms with Gasteiger partial charge in [0.2, 0.25) is 5.91 Å². The van der Waals surface area contributed by atoms with Gasteiger partial charge in [0.25, 0.3) is 0 Å². The zero-order chi connectivity index (χ0) is 15.8. The number of carbonyl (C=O) groups excluding carboxylic acids is 1. The Morgan fingerprint density at radius 2 is 1.90 bits per heavy atom. The van der Waals surface area contributed by atoms with Crippen molar-refractivity contribution in [3.63, 3.8) is 0 Å². The van der Waals surface area contributed by atoms with E-state index in [9.17, 15) is 13.2 Å². The smallest absolute Gasteiger partial charge is 0.227 e. The van der Waals surface area contributed by atoms with Crippen LogP contribution in [0.25, 0.3) is 0 Å². The molecule has 0 saturated carbocycles. The van der Waals surface area contributed by atoms with Gasteiger partial charge in [0.05, 0.1) is 10.5 Å². The minimum absolute atomic E-state index is 0.00628. The molecule has 0 unspecified atom stereocenters. The van der Waals surface area contributed by atoms with E-state index in [1.54, 1.807) is 25.7 Å². The summed E-state index contributed by atoms with van der Waals surface area (Å²) in [5.41, 5.74) is 1.98. The van der Waals surface area contributed by atoms with Crippen LogP contribution < -0.4 is 4.90 Å². The molecule has 0 N–H and O–H groups in total. The minimum Gasteiger partial charge on any atom is -0.311 e. The number of hydrogen-bond donors (Lipinski definition) is 0. The maximum atomic E-state index is 12.2. The van der Waals surface area contributed by atoms with Gasteiger partial charge in [-0.25, -0.2) is 8.42 Å². The average Bonchev–Trinajstić information content (AvgIpc) is 2.36. The molecule has 1 aromatic carbocycles. The van der Waals surface area contributed by atoms with E-state index in [1.165, 1.54) is 0 Å². The Balaban J connectivity index is 2.23. The number of amides is 1. The van der Waals surface area contributed by atoms with E-state index >= 15 is 0 Å². The third kappa shape index (κ3) is 3.59. The summed E-state index contributed by atoms with van der Waals surface area (Å²) in [5.74, 6) is 0.000955. The lowest BCUT2D eigenvalue weighted by molar-refractivity contribution is -0.118.